The van der Waals surface area contributed by atoms with E-state index in [1.54, 1.807) is 4.88 Å². The van der Waals surface area contributed by atoms with E-state index in [2.05, 4.69) is 30.0 Å². The van der Waals surface area contributed by atoms with Crippen molar-refractivity contribution in [1.82, 2.24) is 4.90 Å². The molecule has 23 heavy (non-hydrogen) atoms. The Labute approximate surface area is 143 Å². The van der Waals surface area contributed by atoms with Gasteiger partial charge in [0.1, 0.15) is 12.4 Å². The van der Waals surface area contributed by atoms with Gasteiger partial charge in [-0.05, 0) is 56.2 Å². The Morgan fingerprint density at radius 2 is 2.09 bits per heavy atom. The van der Waals surface area contributed by atoms with E-state index in [-0.39, 0.29) is 0 Å². The van der Waals surface area contributed by atoms with Crippen molar-refractivity contribution >= 4 is 11.3 Å². The highest BCUT2D eigenvalue weighted by molar-refractivity contribution is 7.12. The Morgan fingerprint density at radius 1 is 1.22 bits per heavy atom. The van der Waals surface area contributed by atoms with E-state index in [1.165, 1.54) is 60.4 Å². The lowest BCUT2D eigenvalue weighted by atomic mass is 9.94. The van der Waals surface area contributed by atoms with E-state index in [4.69, 9.17) is 4.74 Å². The molecule has 1 aliphatic heterocycles. The molecule has 1 aromatic heterocycles. The van der Waals surface area contributed by atoms with Gasteiger partial charge in [0.2, 0.25) is 0 Å². The van der Waals surface area contributed by atoms with Crippen LogP contribution in [0.2, 0.25) is 0 Å². The van der Waals surface area contributed by atoms with Gasteiger partial charge in [-0.1, -0.05) is 18.9 Å². The SMILES string of the molecule is C/C=C1\CCCC2=C1N(Cc1ccc(C3CCCC3)s1)CCO2. The fourth-order valence-corrected chi connectivity index (χ4v) is 5.50. The first-order valence-corrected chi connectivity index (χ1v) is 10.0. The third kappa shape index (κ3) is 3.08. The van der Waals surface area contributed by atoms with Crippen LogP contribution >= 0.6 is 11.3 Å². The van der Waals surface area contributed by atoms with Crippen LogP contribution in [0.3, 0.4) is 0 Å². The van der Waals surface area contributed by atoms with Gasteiger partial charge in [0.05, 0.1) is 18.8 Å². The highest BCUT2D eigenvalue weighted by atomic mass is 32.1. The summed E-state index contributed by atoms with van der Waals surface area (Å²) in [5.41, 5.74) is 2.89. The van der Waals surface area contributed by atoms with Crippen molar-refractivity contribution in [3.8, 4) is 0 Å². The average molecular weight is 330 g/mol. The summed E-state index contributed by atoms with van der Waals surface area (Å²) in [4.78, 5) is 5.70. The molecule has 0 atom stereocenters. The second-order valence-electron chi connectivity index (χ2n) is 6.99. The van der Waals surface area contributed by atoms with E-state index in [0.717, 1.165) is 32.0 Å². The molecule has 2 nitrogen and oxygen atoms in total. The van der Waals surface area contributed by atoms with Crippen LogP contribution in [0.15, 0.2) is 35.2 Å². The topological polar surface area (TPSA) is 12.5 Å². The third-order valence-electron chi connectivity index (χ3n) is 5.51. The smallest absolute Gasteiger partial charge is 0.120 e. The Bertz CT molecular complexity index is 617. The molecule has 1 aromatic rings. The summed E-state index contributed by atoms with van der Waals surface area (Å²) in [6.07, 6.45) is 11.5. The van der Waals surface area contributed by atoms with Crippen LogP contribution in [0.25, 0.3) is 0 Å². The van der Waals surface area contributed by atoms with Crippen LogP contribution in [-0.2, 0) is 11.3 Å². The Kier molecular flexibility index (Phi) is 4.48. The molecule has 124 valence electrons. The van der Waals surface area contributed by atoms with E-state index < -0.39 is 0 Å². The zero-order valence-corrected chi connectivity index (χ0v) is 15.0. The number of ether oxygens (including phenoxy) is 1. The van der Waals surface area contributed by atoms with Crippen LogP contribution in [-0.4, -0.2) is 18.1 Å². The lowest BCUT2D eigenvalue weighted by molar-refractivity contribution is 0.116. The largest absolute Gasteiger partial charge is 0.494 e. The Balaban J connectivity index is 1.53. The molecule has 0 unspecified atom stereocenters. The van der Waals surface area contributed by atoms with Gasteiger partial charge in [0, 0.05) is 16.2 Å². The minimum atomic E-state index is 0.842. The van der Waals surface area contributed by atoms with E-state index in [0.29, 0.717) is 0 Å². The van der Waals surface area contributed by atoms with Gasteiger partial charge < -0.3 is 9.64 Å². The van der Waals surface area contributed by atoms with Crippen molar-refractivity contribution in [1.29, 1.82) is 0 Å². The number of allylic oxidation sites excluding steroid dienone is 3. The van der Waals surface area contributed by atoms with Gasteiger partial charge in [-0.2, -0.15) is 0 Å². The van der Waals surface area contributed by atoms with Crippen LogP contribution in [0, 0.1) is 0 Å². The fourth-order valence-electron chi connectivity index (χ4n) is 4.30. The molecule has 0 radical (unpaired) electrons. The molecular formula is C20H27NOS. The van der Waals surface area contributed by atoms with Gasteiger partial charge in [-0.3, -0.25) is 0 Å². The van der Waals surface area contributed by atoms with Crippen LogP contribution in [0.4, 0.5) is 0 Å². The number of rotatable bonds is 3. The van der Waals surface area contributed by atoms with Crippen LogP contribution < -0.4 is 0 Å². The maximum absolute atomic E-state index is 5.97. The first-order valence-electron chi connectivity index (χ1n) is 9.20. The first-order chi connectivity index (χ1) is 11.3. The van der Waals surface area contributed by atoms with Crippen molar-refractivity contribution in [2.75, 3.05) is 13.2 Å². The van der Waals surface area contributed by atoms with Crippen molar-refractivity contribution in [3.63, 3.8) is 0 Å². The van der Waals surface area contributed by atoms with Gasteiger partial charge in [0.15, 0.2) is 0 Å². The van der Waals surface area contributed by atoms with Crippen LogP contribution in [0.1, 0.15) is 67.5 Å². The minimum absolute atomic E-state index is 0.842. The van der Waals surface area contributed by atoms with Gasteiger partial charge in [-0.15, -0.1) is 11.3 Å². The molecule has 3 aliphatic rings. The molecule has 0 aromatic carbocycles. The Morgan fingerprint density at radius 3 is 2.91 bits per heavy atom. The lowest BCUT2D eigenvalue weighted by Gasteiger charge is -2.37. The summed E-state index contributed by atoms with van der Waals surface area (Å²) in [5.74, 6) is 2.08. The third-order valence-corrected chi connectivity index (χ3v) is 6.74. The monoisotopic (exact) mass is 329 g/mol. The molecule has 4 rings (SSSR count). The second kappa shape index (κ2) is 6.72. The van der Waals surface area contributed by atoms with Crippen molar-refractivity contribution in [3.05, 3.63) is 45.0 Å². The molecule has 2 heterocycles. The number of hydrogen-bond acceptors (Lipinski definition) is 3. The standard InChI is InChI=1S/C20H27NOS/c1-2-15-8-5-9-18-20(15)21(12-13-22-18)14-17-10-11-19(23-17)16-6-3-4-7-16/h2,10-11,16H,3-9,12-14H2,1H3/b15-2+. The zero-order valence-electron chi connectivity index (χ0n) is 14.1. The first kappa shape index (κ1) is 15.3. The summed E-state index contributed by atoms with van der Waals surface area (Å²) in [6, 6.07) is 4.76. The van der Waals surface area contributed by atoms with E-state index in [1.807, 2.05) is 11.3 Å². The van der Waals surface area contributed by atoms with E-state index in [9.17, 15) is 0 Å². The predicted molar refractivity (Wildman–Crippen MR) is 96.5 cm³/mol. The molecular weight excluding hydrogens is 302 g/mol. The molecule has 0 N–H and O–H groups in total. The predicted octanol–water partition coefficient (Wildman–Crippen LogP) is 5.58. The number of hydrogen-bond donors (Lipinski definition) is 0. The van der Waals surface area contributed by atoms with Crippen molar-refractivity contribution in [2.45, 2.75) is 64.3 Å². The molecule has 1 fully saturated rings. The highest BCUT2D eigenvalue weighted by Gasteiger charge is 2.27. The van der Waals surface area contributed by atoms with Gasteiger partial charge in [0.25, 0.3) is 0 Å². The minimum Gasteiger partial charge on any atom is -0.494 e. The molecule has 2 aliphatic carbocycles. The average Bonchev–Trinajstić information content (AvgIpc) is 3.25. The van der Waals surface area contributed by atoms with Crippen molar-refractivity contribution in [2.24, 2.45) is 0 Å². The molecule has 0 bridgehead atoms. The number of thiophene rings is 1. The highest BCUT2D eigenvalue weighted by Crippen LogP contribution is 2.39. The zero-order chi connectivity index (χ0) is 15.6. The molecule has 3 heteroatoms. The molecule has 1 saturated carbocycles. The maximum atomic E-state index is 5.97. The summed E-state index contributed by atoms with van der Waals surface area (Å²) in [5, 5.41) is 0. The fraction of sp³-hybridized carbons (Fsp3) is 0.600. The summed E-state index contributed by atoms with van der Waals surface area (Å²) in [6.45, 7) is 5.09. The van der Waals surface area contributed by atoms with E-state index >= 15 is 0 Å². The maximum Gasteiger partial charge on any atom is 0.120 e. The van der Waals surface area contributed by atoms with Crippen molar-refractivity contribution < 1.29 is 4.74 Å². The molecule has 0 saturated heterocycles. The molecule has 0 amide bonds. The summed E-state index contributed by atoms with van der Waals surface area (Å²) >= 11 is 2.05. The number of nitrogens with zero attached hydrogens (tertiary/aromatic N) is 1. The van der Waals surface area contributed by atoms with Gasteiger partial charge in [-0.25, -0.2) is 0 Å². The Hall–Kier alpha value is -1.22. The summed E-state index contributed by atoms with van der Waals surface area (Å²) < 4.78 is 5.97. The van der Waals surface area contributed by atoms with Crippen LogP contribution in [0.5, 0.6) is 0 Å². The normalized spacial score (nSPS) is 24.2. The second-order valence-corrected chi connectivity index (χ2v) is 8.19. The summed E-state index contributed by atoms with van der Waals surface area (Å²) in [7, 11) is 0. The molecule has 0 spiro atoms. The quantitative estimate of drug-likeness (QED) is 0.718. The lowest BCUT2D eigenvalue weighted by Crippen LogP contribution is -2.34. The van der Waals surface area contributed by atoms with Gasteiger partial charge >= 0.3 is 0 Å².